The van der Waals surface area contributed by atoms with Crippen molar-refractivity contribution in [2.75, 3.05) is 4.31 Å². The summed E-state index contributed by atoms with van der Waals surface area (Å²) in [5.74, 6) is -0.340. The van der Waals surface area contributed by atoms with E-state index in [0.29, 0.717) is 18.5 Å². The molecule has 0 saturated carbocycles. The maximum absolute atomic E-state index is 13.6. The summed E-state index contributed by atoms with van der Waals surface area (Å²) in [7, 11) is -3.73. The minimum Gasteiger partial charge on any atom is -0.263 e. The predicted molar refractivity (Wildman–Crippen MR) is 106 cm³/mol. The summed E-state index contributed by atoms with van der Waals surface area (Å²) in [6, 6.07) is 20.9. The quantitative estimate of drug-likeness (QED) is 0.639. The van der Waals surface area contributed by atoms with Gasteiger partial charge in [-0.25, -0.2) is 12.8 Å². The first-order valence-electron chi connectivity index (χ1n) is 8.95. The standard InChI is InChI=1S/C22H20FNO2S/c1-16-7-8-19-15-20(23)11-14-22(19)24(16)27(25,26)21-12-9-18(10-13-21)17-5-3-2-4-6-17/h2-6,9-16H,7-8H2,1H3. The summed E-state index contributed by atoms with van der Waals surface area (Å²) in [5, 5.41) is 0. The third-order valence-electron chi connectivity index (χ3n) is 5.03. The Kier molecular flexibility index (Phi) is 4.48. The average Bonchev–Trinajstić information content (AvgIpc) is 2.68. The molecule has 0 saturated heterocycles. The van der Waals surface area contributed by atoms with Crippen molar-refractivity contribution in [2.45, 2.75) is 30.7 Å². The third-order valence-corrected chi connectivity index (χ3v) is 6.97. The molecule has 0 bridgehead atoms. The molecule has 1 aliphatic heterocycles. The Bertz CT molecular complexity index is 1060. The molecule has 3 nitrogen and oxygen atoms in total. The molecule has 1 heterocycles. The molecule has 138 valence electrons. The van der Waals surface area contributed by atoms with Gasteiger partial charge in [0.25, 0.3) is 10.0 Å². The number of halogens is 1. The SMILES string of the molecule is CC1CCc2cc(F)ccc2N1S(=O)(=O)c1ccc(-c2ccccc2)cc1. The summed E-state index contributed by atoms with van der Waals surface area (Å²) in [6.07, 6.45) is 1.34. The summed E-state index contributed by atoms with van der Waals surface area (Å²) in [6.45, 7) is 1.89. The maximum Gasteiger partial charge on any atom is 0.264 e. The molecule has 0 spiro atoms. The number of nitrogens with zero attached hydrogens (tertiary/aromatic N) is 1. The molecule has 3 aromatic carbocycles. The Morgan fingerprint density at radius 3 is 2.30 bits per heavy atom. The van der Waals surface area contributed by atoms with E-state index in [2.05, 4.69) is 0 Å². The molecule has 27 heavy (non-hydrogen) atoms. The topological polar surface area (TPSA) is 37.4 Å². The normalized spacial score (nSPS) is 16.8. The maximum atomic E-state index is 13.6. The molecule has 3 aromatic rings. The van der Waals surface area contributed by atoms with Gasteiger partial charge in [0.1, 0.15) is 5.82 Å². The smallest absolute Gasteiger partial charge is 0.263 e. The molecule has 1 aliphatic rings. The molecule has 0 radical (unpaired) electrons. The molecule has 4 rings (SSSR count). The number of fused-ring (bicyclic) bond motifs is 1. The first kappa shape index (κ1) is 17.7. The van der Waals surface area contributed by atoms with Crippen LogP contribution in [0.1, 0.15) is 18.9 Å². The van der Waals surface area contributed by atoms with Crippen molar-refractivity contribution >= 4 is 15.7 Å². The van der Waals surface area contributed by atoms with Crippen LogP contribution in [0.4, 0.5) is 10.1 Å². The number of aryl methyl sites for hydroxylation is 1. The fourth-order valence-corrected chi connectivity index (χ4v) is 5.34. The largest absolute Gasteiger partial charge is 0.264 e. The van der Waals surface area contributed by atoms with Crippen LogP contribution in [0.2, 0.25) is 0 Å². The Hall–Kier alpha value is -2.66. The van der Waals surface area contributed by atoms with Gasteiger partial charge >= 0.3 is 0 Å². The van der Waals surface area contributed by atoms with Crippen LogP contribution in [-0.4, -0.2) is 14.5 Å². The van der Waals surface area contributed by atoms with E-state index < -0.39 is 10.0 Å². The van der Waals surface area contributed by atoms with Crippen LogP contribution in [0.25, 0.3) is 11.1 Å². The van der Waals surface area contributed by atoms with E-state index in [0.717, 1.165) is 16.7 Å². The van der Waals surface area contributed by atoms with Gasteiger partial charge in [0.2, 0.25) is 0 Å². The van der Waals surface area contributed by atoms with Crippen molar-refractivity contribution in [1.82, 2.24) is 0 Å². The van der Waals surface area contributed by atoms with Crippen molar-refractivity contribution in [1.29, 1.82) is 0 Å². The first-order chi connectivity index (χ1) is 13.0. The highest BCUT2D eigenvalue weighted by molar-refractivity contribution is 7.92. The highest BCUT2D eigenvalue weighted by Crippen LogP contribution is 2.36. The lowest BCUT2D eigenvalue weighted by atomic mass is 9.99. The zero-order chi connectivity index (χ0) is 19.0. The molecular weight excluding hydrogens is 361 g/mol. The Morgan fingerprint density at radius 2 is 1.59 bits per heavy atom. The summed E-state index contributed by atoms with van der Waals surface area (Å²) in [4.78, 5) is 0.242. The number of hydrogen-bond acceptors (Lipinski definition) is 2. The van der Waals surface area contributed by atoms with E-state index in [-0.39, 0.29) is 16.8 Å². The van der Waals surface area contributed by atoms with E-state index in [1.807, 2.05) is 49.4 Å². The monoisotopic (exact) mass is 381 g/mol. The minimum atomic E-state index is -3.73. The highest BCUT2D eigenvalue weighted by atomic mass is 32.2. The van der Waals surface area contributed by atoms with Crippen LogP contribution in [0.15, 0.2) is 77.7 Å². The second-order valence-corrected chi connectivity index (χ2v) is 8.67. The summed E-state index contributed by atoms with van der Waals surface area (Å²) in [5.41, 5.74) is 3.30. The van der Waals surface area contributed by atoms with E-state index in [1.54, 1.807) is 18.2 Å². The van der Waals surface area contributed by atoms with E-state index in [4.69, 9.17) is 0 Å². The second-order valence-electron chi connectivity index (χ2n) is 6.85. The molecule has 0 fully saturated rings. The van der Waals surface area contributed by atoms with Crippen molar-refractivity contribution in [3.8, 4) is 11.1 Å². The Labute approximate surface area is 159 Å². The van der Waals surface area contributed by atoms with Gasteiger partial charge in [-0.15, -0.1) is 0 Å². The van der Waals surface area contributed by atoms with Crippen LogP contribution >= 0.6 is 0 Å². The molecule has 0 aromatic heterocycles. The molecule has 5 heteroatoms. The lowest BCUT2D eigenvalue weighted by Crippen LogP contribution is -2.42. The van der Waals surface area contributed by atoms with Gasteiger partial charge in [0.05, 0.1) is 10.6 Å². The minimum absolute atomic E-state index is 0.179. The number of benzene rings is 3. The first-order valence-corrected chi connectivity index (χ1v) is 10.4. The van der Waals surface area contributed by atoms with Gasteiger partial charge in [-0.2, -0.15) is 0 Å². The van der Waals surface area contributed by atoms with Crippen LogP contribution in [0, 0.1) is 5.82 Å². The van der Waals surface area contributed by atoms with Gasteiger partial charge in [-0.05, 0) is 66.8 Å². The zero-order valence-electron chi connectivity index (χ0n) is 15.0. The molecular formula is C22H20FNO2S. The molecule has 1 atom stereocenters. The molecule has 0 amide bonds. The lowest BCUT2D eigenvalue weighted by molar-refractivity contribution is 0.560. The van der Waals surface area contributed by atoms with Gasteiger partial charge in [-0.3, -0.25) is 4.31 Å². The zero-order valence-corrected chi connectivity index (χ0v) is 15.8. The van der Waals surface area contributed by atoms with E-state index in [1.165, 1.54) is 16.4 Å². The van der Waals surface area contributed by atoms with Crippen LogP contribution in [0.5, 0.6) is 0 Å². The summed E-state index contributed by atoms with van der Waals surface area (Å²) >= 11 is 0. The molecule has 0 N–H and O–H groups in total. The Morgan fingerprint density at radius 1 is 0.926 bits per heavy atom. The van der Waals surface area contributed by atoms with Gasteiger partial charge in [0.15, 0.2) is 0 Å². The average molecular weight is 381 g/mol. The van der Waals surface area contributed by atoms with E-state index >= 15 is 0 Å². The Balaban J connectivity index is 1.73. The van der Waals surface area contributed by atoms with Gasteiger partial charge < -0.3 is 0 Å². The highest BCUT2D eigenvalue weighted by Gasteiger charge is 2.33. The van der Waals surface area contributed by atoms with Gasteiger partial charge in [-0.1, -0.05) is 42.5 Å². The summed E-state index contributed by atoms with van der Waals surface area (Å²) < 4.78 is 41.7. The van der Waals surface area contributed by atoms with Crippen molar-refractivity contribution in [3.05, 3.63) is 84.2 Å². The van der Waals surface area contributed by atoms with Crippen molar-refractivity contribution in [2.24, 2.45) is 0 Å². The van der Waals surface area contributed by atoms with Crippen molar-refractivity contribution < 1.29 is 12.8 Å². The fourth-order valence-electron chi connectivity index (χ4n) is 3.62. The number of hydrogen-bond donors (Lipinski definition) is 0. The second kappa shape index (κ2) is 6.82. The van der Waals surface area contributed by atoms with Crippen molar-refractivity contribution in [3.63, 3.8) is 0 Å². The fraction of sp³-hybridized carbons (Fsp3) is 0.182. The number of sulfonamides is 1. The lowest BCUT2D eigenvalue weighted by Gasteiger charge is -2.36. The molecule has 0 aliphatic carbocycles. The van der Waals surface area contributed by atoms with Crippen LogP contribution in [0.3, 0.4) is 0 Å². The van der Waals surface area contributed by atoms with E-state index in [9.17, 15) is 12.8 Å². The van der Waals surface area contributed by atoms with Crippen LogP contribution in [-0.2, 0) is 16.4 Å². The number of anilines is 1. The van der Waals surface area contributed by atoms with Crippen LogP contribution < -0.4 is 4.31 Å². The number of rotatable bonds is 3. The third kappa shape index (κ3) is 3.23. The predicted octanol–water partition coefficient (Wildman–Crippen LogP) is 5.02. The molecule has 1 unspecified atom stereocenters. The van der Waals surface area contributed by atoms with Gasteiger partial charge in [0, 0.05) is 6.04 Å².